The Labute approximate surface area is 403 Å². The Morgan fingerprint density at radius 2 is 1.03 bits per heavy atom. The van der Waals surface area contributed by atoms with E-state index in [1.807, 2.05) is 84.9 Å². The van der Waals surface area contributed by atoms with Crippen molar-refractivity contribution in [1.82, 2.24) is 9.13 Å². The summed E-state index contributed by atoms with van der Waals surface area (Å²) in [6, 6.07) is 67.5. The molecule has 70 heavy (non-hydrogen) atoms. The Morgan fingerprint density at radius 1 is 0.500 bits per heavy atom. The van der Waals surface area contributed by atoms with Gasteiger partial charge in [-0.15, -0.1) is 11.3 Å². The van der Waals surface area contributed by atoms with E-state index in [0.717, 1.165) is 109 Å². The molecule has 5 aromatic heterocycles. The minimum absolute atomic E-state index is 0.342. The summed E-state index contributed by atoms with van der Waals surface area (Å²) in [5.41, 5.74) is 12.6. The lowest BCUT2D eigenvalue weighted by Crippen LogP contribution is -2.09. The molecule has 0 fully saturated rings. The maximum absolute atomic E-state index is 12.1. The van der Waals surface area contributed by atoms with Crippen LogP contribution < -0.4 is 0 Å². The van der Waals surface area contributed by atoms with Gasteiger partial charge in [-0.05, 0) is 66.1 Å². The molecule has 0 radical (unpaired) electrons. The first-order valence-electron chi connectivity index (χ1n) is 23.3. The largest absolute Gasteiger partial charge is 0.454 e. The van der Waals surface area contributed by atoms with Crippen molar-refractivity contribution < 1.29 is 8.83 Å². The Kier molecular flexibility index (Phi) is 7.91. The number of hydrogen-bond acceptors (Lipinski definition) is 4. The van der Waals surface area contributed by atoms with Crippen LogP contribution in [0.25, 0.3) is 146 Å². The van der Waals surface area contributed by atoms with E-state index >= 15 is 0 Å². The van der Waals surface area contributed by atoms with Crippen molar-refractivity contribution in [2.75, 3.05) is 0 Å². The van der Waals surface area contributed by atoms with Gasteiger partial charge in [0.2, 0.25) is 5.69 Å². The normalized spacial score (nSPS) is 12.0. The van der Waals surface area contributed by atoms with E-state index in [1.54, 1.807) is 11.3 Å². The molecule has 6 nitrogen and oxygen atoms in total. The van der Waals surface area contributed by atoms with Gasteiger partial charge >= 0.3 is 0 Å². The highest BCUT2D eigenvalue weighted by Crippen LogP contribution is 2.55. The van der Waals surface area contributed by atoms with Gasteiger partial charge in [0.25, 0.3) is 0 Å². The SMILES string of the molecule is [C-]#[N+]c1c(-c2ccccc2)c(C#N)c(-n2c3ccccc3c3c(C)cc4c5ccccc5sc4c32)c(-c2ccccc2)c1-n1c2c(ccc3c4ccccc4oc32)c2ccc3c4ccccc4oc3c21. The highest BCUT2D eigenvalue weighted by molar-refractivity contribution is 7.26. The molecule has 0 bridgehead atoms. The van der Waals surface area contributed by atoms with Gasteiger partial charge in [0.1, 0.15) is 17.2 Å². The second kappa shape index (κ2) is 14.3. The molecule has 10 aromatic carbocycles. The van der Waals surface area contributed by atoms with Crippen molar-refractivity contribution in [1.29, 1.82) is 5.26 Å². The fourth-order valence-electron chi connectivity index (χ4n) is 11.7. The number of thiophene rings is 1. The van der Waals surface area contributed by atoms with Crippen LogP contribution in [-0.4, -0.2) is 9.13 Å². The zero-order chi connectivity index (χ0) is 46.4. The summed E-state index contributed by atoms with van der Waals surface area (Å²) >= 11 is 1.78. The molecule has 0 N–H and O–H groups in total. The second-order valence-corrected chi connectivity index (χ2v) is 19.1. The number of fused-ring (bicyclic) bond motifs is 18. The van der Waals surface area contributed by atoms with Crippen LogP contribution >= 0.6 is 11.3 Å². The third kappa shape index (κ3) is 5.03. The van der Waals surface area contributed by atoms with E-state index in [-0.39, 0.29) is 0 Å². The van der Waals surface area contributed by atoms with Gasteiger partial charge < -0.3 is 18.0 Å². The minimum Gasteiger partial charge on any atom is -0.454 e. The van der Waals surface area contributed by atoms with E-state index in [9.17, 15) is 11.8 Å². The highest BCUT2D eigenvalue weighted by atomic mass is 32.1. The number of aryl methyl sites for hydroxylation is 1. The van der Waals surface area contributed by atoms with Crippen LogP contribution in [0.5, 0.6) is 0 Å². The maximum Gasteiger partial charge on any atom is 0.220 e. The summed E-state index contributed by atoms with van der Waals surface area (Å²) < 4.78 is 21.0. The molecule has 7 heteroatoms. The predicted molar refractivity (Wildman–Crippen MR) is 289 cm³/mol. The monoisotopic (exact) mass is 910 g/mol. The number of furan rings is 2. The third-order valence-corrected chi connectivity index (χ3v) is 15.7. The first-order chi connectivity index (χ1) is 34.6. The van der Waals surface area contributed by atoms with Crippen molar-refractivity contribution in [2.24, 2.45) is 0 Å². The number of nitrogens with zero attached hydrogens (tertiary/aromatic N) is 4. The molecule has 0 unspecified atom stereocenters. The van der Waals surface area contributed by atoms with Crippen LogP contribution in [0.15, 0.2) is 197 Å². The number of rotatable bonds is 4. The molecule has 0 aliphatic rings. The van der Waals surface area contributed by atoms with Gasteiger partial charge in [0.05, 0.1) is 50.3 Å². The fourth-order valence-corrected chi connectivity index (χ4v) is 12.9. The average Bonchev–Trinajstić information content (AvgIpc) is 4.23. The number of hydrogen-bond donors (Lipinski definition) is 0. The first kappa shape index (κ1) is 38.7. The standard InChI is InChI=1S/C63H34N4O2S/c1-35-33-46-40-23-12-16-28-51(40)70-63(46)60-52(35)45-24-9-13-25-48(45)66(60)56-47(34-64)53(36-17-5-3-6-18-36)55(65-2)59(54(56)37-19-7-4-8-20-37)67-57-41(29-31-43-38-21-10-14-26-49(38)68-61(43)57)42-30-32-44-39-22-11-15-27-50(39)69-62(44)58(42)67/h3-33H,1H3. The first-order valence-corrected chi connectivity index (χ1v) is 24.1. The Hall–Kier alpha value is -9.40. The minimum atomic E-state index is 0.342. The summed E-state index contributed by atoms with van der Waals surface area (Å²) in [7, 11) is 0. The van der Waals surface area contributed by atoms with E-state index in [2.05, 4.69) is 130 Å². The van der Waals surface area contributed by atoms with Crippen LogP contribution in [0.1, 0.15) is 11.1 Å². The molecule has 0 atom stereocenters. The molecule has 324 valence electrons. The van der Waals surface area contributed by atoms with Crippen LogP contribution in [0, 0.1) is 24.8 Å². The Morgan fingerprint density at radius 3 is 1.64 bits per heavy atom. The molecule has 0 amide bonds. The maximum atomic E-state index is 12.1. The number of para-hydroxylation sites is 3. The number of nitriles is 1. The summed E-state index contributed by atoms with van der Waals surface area (Å²) in [4.78, 5) is 4.61. The molecule has 5 heterocycles. The highest BCUT2D eigenvalue weighted by Gasteiger charge is 2.34. The molecule has 0 aliphatic heterocycles. The lowest BCUT2D eigenvalue weighted by molar-refractivity contribution is 0.669. The molecular weight excluding hydrogens is 877 g/mol. The van der Waals surface area contributed by atoms with Crippen molar-refractivity contribution in [3.8, 4) is 39.7 Å². The zero-order valence-corrected chi connectivity index (χ0v) is 38.2. The molecule has 15 aromatic rings. The van der Waals surface area contributed by atoms with Gasteiger partial charge in [-0.1, -0.05) is 146 Å². The van der Waals surface area contributed by atoms with Crippen molar-refractivity contribution in [2.45, 2.75) is 6.92 Å². The third-order valence-electron chi connectivity index (χ3n) is 14.5. The molecule has 0 spiro atoms. The summed E-state index contributed by atoms with van der Waals surface area (Å²) in [5, 5.41) is 22.5. The second-order valence-electron chi connectivity index (χ2n) is 18.1. The Bertz CT molecular complexity index is 4730. The lowest BCUT2D eigenvalue weighted by atomic mass is 9.88. The van der Waals surface area contributed by atoms with Crippen molar-refractivity contribution in [3.63, 3.8) is 0 Å². The smallest absolute Gasteiger partial charge is 0.220 e. The van der Waals surface area contributed by atoms with Gasteiger partial charge in [-0.25, -0.2) is 4.85 Å². The summed E-state index contributed by atoms with van der Waals surface area (Å²) in [6.07, 6.45) is 0. The Balaban J connectivity index is 1.27. The van der Waals surface area contributed by atoms with Crippen LogP contribution in [-0.2, 0) is 0 Å². The van der Waals surface area contributed by atoms with E-state index < -0.39 is 0 Å². The number of benzene rings is 10. The van der Waals surface area contributed by atoms with E-state index in [0.29, 0.717) is 39.4 Å². The molecule has 0 saturated heterocycles. The van der Waals surface area contributed by atoms with Crippen LogP contribution in [0.3, 0.4) is 0 Å². The quantitative estimate of drug-likeness (QED) is 0.165. The van der Waals surface area contributed by atoms with Crippen LogP contribution in [0.2, 0.25) is 0 Å². The lowest BCUT2D eigenvalue weighted by Gasteiger charge is -2.26. The van der Waals surface area contributed by atoms with Gasteiger partial charge in [-0.3, -0.25) is 0 Å². The van der Waals surface area contributed by atoms with Gasteiger partial charge in [0.15, 0.2) is 11.2 Å². The topological polar surface area (TPSA) is 64.3 Å². The summed E-state index contributed by atoms with van der Waals surface area (Å²) in [5.74, 6) is 0. The van der Waals surface area contributed by atoms with Crippen LogP contribution in [0.4, 0.5) is 5.69 Å². The molecule has 0 saturated carbocycles. The molecule has 0 aliphatic carbocycles. The number of aromatic nitrogens is 2. The molecular formula is C63H34N4O2S. The average molecular weight is 911 g/mol. The summed E-state index contributed by atoms with van der Waals surface area (Å²) in [6.45, 7) is 11.7. The van der Waals surface area contributed by atoms with Crippen molar-refractivity contribution in [3.05, 3.63) is 211 Å². The predicted octanol–water partition coefficient (Wildman–Crippen LogP) is 18.1. The van der Waals surface area contributed by atoms with Gasteiger partial charge in [-0.2, -0.15) is 5.26 Å². The zero-order valence-electron chi connectivity index (χ0n) is 37.4. The van der Waals surface area contributed by atoms with E-state index in [1.165, 1.54) is 10.1 Å². The van der Waals surface area contributed by atoms with E-state index in [4.69, 9.17) is 8.83 Å². The van der Waals surface area contributed by atoms with Gasteiger partial charge in [0, 0.05) is 69.7 Å². The fraction of sp³-hybridized carbons (Fsp3) is 0.0159. The van der Waals surface area contributed by atoms with Crippen molar-refractivity contribution >= 4 is 125 Å². The molecule has 15 rings (SSSR count).